The van der Waals surface area contributed by atoms with Crippen LogP contribution in [0.3, 0.4) is 0 Å². The van der Waals surface area contributed by atoms with Gasteiger partial charge in [-0.25, -0.2) is 0 Å². The number of benzene rings is 4. The second-order valence-corrected chi connectivity index (χ2v) is 22.3. The molecule has 5 rings (SSSR count). The zero-order valence-corrected chi connectivity index (χ0v) is 49.8. The molecule has 9 amide bonds. The van der Waals surface area contributed by atoms with Crippen molar-refractivity contribution in [1.82, 2.24) is 53.2 Å². The number of phenols is 1. The van der Waals surface area contributed by atoms with Crippen LogP contribution in [0.2, 0.25) is 0 Å². The van der Waals surface area contributed by atoms with Crippen LogP contribution in [0.25, 0.3) is 10.8 Å². The molecule has 0 saturated carbocycles. The van der Waals surface area contributed by atoms with Gasteiger partial charge in [0.15, 0.2) is 5.96 Å². The van der Waals surface area contributed by atoms with Crippen LogP contribution in [-0.4, -0.2) is 145 Å². The molecule has 466 valence electrons. The van der Waals surface area contributed by atoms with Crippen molar-refractivity contribution in [1.29, 1.82) is 0 Å². The molecule has 7 atom stereocenters. The number of nitrogens with zero attached hydrogens (tertiary/aromatic N) is 1. The Labute approximate surface area is 502 Å². The maximum absolute atomic E-state index is 14.9. The van der Waals surface area contributed by atoms with E-state index in [0.29, 0.717) is 55.5 Å². The molecule has 0 aromatic heterocycles. The number of rotatable bonds is 25. The van der Waals surface area contributed by atoms with Crippen molar-refractivity contribution in [2.75, 3.05) is 26.2 Å². The van der Waals surface area contributed by atoms with Gasteiger partial charge in [0, 0.05) is 44.3 Å². The van der Waals surface area contributed by atoms with E-state index in [9.17, 15) is 48.3 Å². The lowest BCUT2D eigenvalue weighted by Crippen LogP contribution is -2.60. The number of fused-ring (bicyclic) bond motifs is 1. The number of carbonyl (C=O) groups excluding carboxylic acids is 9. The fourth-order valence-electron chi connectivity index (χ4n) is 9.71. The van der Waals surface area contributed by atoms with E-state index in [2.05, 4.69) is 58.2 Å². The summed E-state index contributed by atoms with van der Waals surface area (Å²) < 4.78 is 0. The molecule has 0 spiro atoms. The standard InChI is InChI=1S/C62H88N14O10/c1-38(2)66-30-12-10-19-46(55(63)80)72-59(84)49-28-29-53(78)71-51(34-40-15-6-5-7-16-40)60(85)76-52(35-41-23-26-45(77)27-24-41)61(86)74-47(20-11-13-31-67-39(3)4)57(82)73-48(21-14-32-68-62(64)65)58(83)75-50(56(81)69-37-54(79)70-49)36-42-22-25-43-17-8-9-18-44(43)33-42/h5-9,15-18,22-27,33,38-39,46-52,66-67,77H,10-14,19-21,28-32,34-37H2,1-4H3,(H2,63,80)(H,69,81)(H,70,79)(H,71,78)(H,72,84)(H,73,82)(H,74,86)(H,75,83)(H,76,85)(H4,64,65,68)/t46-,47-,48+,49+,50-,51-,52?/m0/s1. The van der Waals surface area contributed by atoms with Gasteiger partial charge in [-0.2, -0.15) is 0 Å². The number of aliphatic imine (C=N–C) groups is 1. The summed E-state index contributed by atoms with van der Waals surface area (Å²) >= 11 is 0. The maximum atomic E-state index is 14.9. The first kappa shape index (κ1) is 68.1. The smallest absolute Gasteiger partial charge is 0.243 e. The van der Waals surface area contributed by atoms with Crippen LogP contribution in [0.1, 0.15) is 109 Å². The van der Waals surface area contributed by atoms with Gasteiger partial charge >= 0.3 is 0 Å². The molecule has 24 heteroatoms. The second-order valence-electron chi connectivity index (χ2n) is 22.3. The van der Waals surface area contributed by atoms with Crippen molar-refractivity contribution in [3.63, 3.8) is 0 Å². The lowest BCUT2D eigenvalue weighted by atomic mass is 10.00. The first-order valence-electron chi connectivity index (χ1n) is 29.6. The van der Waals surface area contributed by atoms with E-state index >= 15 is 0 Å². The van der Waals surface area contributed by atoms with E-state index < -0.39 is 108 Å². The van der Waals surface area contributed by atoms with Crippen molar-refractivity contribution in [3.8, 4) is 5.75 Å². The highest BCUT2D eigenvalue weighted by molar-refractivity contribution is 5.98. The van der Waals surface area contributed by atoms with Crippen molar-refractivity contribution in [3.05, 3.63) is 114 Å². The summed E-state index contributed by atoms with van der Waals surface area (Å²) in [7, 11) is 0. The second kappa shape index (κ2) is 35.6. The SMILES string of the molecule is CC(C)NCCCC[C@H](NC(=O)[C@H]1CCC(=O)N[C@@H](Cc2ccccc2)C(=O)NC(Cc2ccc(O)cc2)C(=O)N[C@@H](CCCCNC(C)C)C(=O)N[C@H](CCCN=C(N)N)C(=O)N[C@@H](Cc2ccc3ccccc3c2)C(=O)NCC(=O)N1)C(N)=O. The summed E-state index contributed by atoms with van der Waals surface area (Å²) in [6.45, 7) is 8.55. The molecule has 1 saturated heterocycles. The fraction of sp³-hybridized carbons (Fsp3) is 0.484. The summed E-state index contributed by atoms with van der Waals surface area (Å²) in [5.41, 5.74) is 18.8. The molecule has 86 heavy (non-hydrogen) atoms. The molecule has 1 unspecified atom stereocenters. The van der Waals surface area contributed by atoms with Gasteiger partial charge in [-0.05, 0) is 110 Å². The van der Waals surface area contributed by atoms with Crippen LogP contribution in [-0.2, 0) is 62.4 Å². The zero-order valence-electron chi connectivity index (χ0n) is 49.8. The van der Waals surface area contributed by atoms with E-state index in [4.69, 9.17) is 17.2 Å². The molecule has 1 aliphatic rings. The number of unbranched alkanes of at least 4 members (excludes halogenated alkanes) is 2. The van der Waals surface area contributed by atoms with Crippen molar-refractivity contribution in [2.24, 2.45) is 22.2 Å². The Morgan fingerprint density at radius 3 is 1.67 bits per heavy atom. The van der Waals surface area contributed by atoms with Crippen LogP contribution in [0.15, 0.2) is 102 Å². The van der Waals surface area contributed by atoms with Crippen LogP contribution >= 0.6 is 0 Å². The van der Waals surface area contributed by atoms with Crippen molar-refractivity contribution < 1.29 is 48.3 Å². The molecule has 0 radical (unpaired) electrons. The molecule has 4 aromatic rings. The number of phenolic OH excluding ortho intramolecular Hbond substituents is 1. The van der Waals surface area contributed by atoms with Gasteiger partial charge in [0.1, 0.15) is 48.0 Å². The largest absolute Gasteiger partial charge is 0.508 e. The summed E-state index contributed by atoms with van der Waals surface area (Å²) in [5, 5.41) is 40.4. The number of nitrogens with one attached hydrogen (secondary N) is 10. The summed E-state index contributed by atoms with van der Waals surface area (Å²) in [6, 6.07) is 18.8. The number of hydrogen-bond donors (Lipinski definition) is 14. The van der Waals surface area contributed by atoms with Crippen molar-refractivity contribution in [2.45, 2.75) is 166 Å². The van der Waals surface area contributed by atoms with Gasteiger partial charge in [-0.3, -0.25) is 48.1 Å². The predicted octanol–water partition coefficient (Wildman–Crippen LogP) is 0.752. The van der Waals surface area contributed by atoms with Crippen LogP contribution in [0.4, 0.5) is 0 Å². The van der Waals surface area contributed by atoms with Gasteiger partial charge in [0.25, 0.3) is 0 Å². The first-order chi connectivity index (χ1) is 41.1. The van der Waals surface area contributed by atoms with Crippen LogP contribution in [0, 0.1) is 0 Å². The van der Waals surface area contributed by atoms with Crippen molar-refractivity contribution >= 4 is 69.9 Å². The highest BCUT2D eigenvalue weighted by Crippen LogP contribution is 2.18. The number of amides is 9. The Morgan fingerprint density at radius 2 is 1.07 bits per heavy atom. The molecular weight excluding hydrogens is 1100 g/mol. The normalized spacial score (nSPS) is 20.1. The third-order valence-electron chi connectivity index (χ3n) is 14.4. The number of aromatic hydroxyl groups is 1. The van der Waals surface area contributed by atoms with Gasteiger partial charge in [-0.15, -0.1) is 0 Å². The monoisotopic (exact) mass is 1190 g/mol. The number of nitrogens with two attached hydrogens (primary N) is 3. The number of hydrogen-bond acceptors (Lipinski definition) is 13. The molecule has 4 aromatic carbocycles. The maximum Gasteiger partial charge on any atom is 0.243 e. The minimum absolute atomic E-state index is 0.0514. The van der Waals surface area contributed by atoms with E-state index in [1.807, 2.05) is 64.1 Å². The predicted molar refractivity (Wildman–Crippen MR) is 328 cm³/mol. The Hall–Kier alpha value is -8.64. The summed E-state index contributed by atoms with van der Waals surface area (Å²) in [6.07, 6.45) is 1.41. The van der Waals surface area contributed by atoms with E-state index in [1.54, 1.807) is 48.5 Å². The molecule has 1 fully saturated rings. The average molecular weight is 1190 g/mol. The molecular formula is C62H88N14O10. The van der Waals surface area contributed by atoms with Gasteiger partial charge in [-0.1, -0.05) is 113 Å². The van der Waals surface area contributed by atoms with E-state index in [0.717, 1.165) is 10.8 Å². The van der Waals surface area contributed by atoms with E-state index in [-0.39, 0.29) is 81.7 Å². The molecule has 1 heterocycles. The Bertz CT molecular complexity index is 2920. The average Bonchev–Trinajstić information content (AvgIpc) is 3.67. The topological polar surface area (TPSA) is 385 Å². The minimum atomic E-state index is -1.49. The zero-order chi connectivity index (χ0) is 62.5. The lowest BCUT2D eigenvalue weighted by molar-refractivity contribution is -0.135. The molecule has 1 aliphatic heterocycles. The molecule has 17 N–H and O–H groups in total. The Kier molecular flexibility index (Phi) is 28.2. The van der Waals surface area contributed by atoms with Crippen LogP contribution < -0.4 is 70.4 Å². The van der Waals surface area contributed by atoms with Gasteiger partial charge < -0.3 is 75.5 Å². The number of guanidine groups is 1. The lowest BCUT2D eigenvalue weighted by Gasteiger charge is -2.27. The highest BCUT2D eigenvalue weighted by Gasteiger charge is 2.34. The molecule has 0 aliphatic carbocycles. The summed E-state index contributed by atoms with van der Waals surface area (Å²) in [4.78, 5) is 133. The third kappa shape index (κ3) is 24.5. The highest BCUT2D eigenvalue weighted by atomic mass is 16.3. The fourth-order valence-corrected chi connectivity index (χ4v) is 9.71. The quantitative estimate of drug-likeness (QED) is 0.0248. The Balaban J connectivity index is 1.58. The van der Waals surface area contributed by atoms with Crippen LogP contribution in [0.5, 0.6) is 5.75 Å². The first-order valence-corrected chi connectivity index (χ1v) is 29.6. The molecule has 24 nitrogen and oxygen atoms in total. The number of primary amides is 1. The van der Waals surface area contributed by atoms with Gasteiger partial charge in [0.2, 0.25) is 53.2 Å². The van der Waals surface area contributed by atoms with Gasteiger partial charge in [0.05, 0.1) is 6.54 Å². The summed E-state index contributed by atoms with van der Waals surface area (Å²) in [5.74, 6) is -7.48. The molecule has 0 bridgehead atoms. The third-order valence-corrected chi connectivity index (χ3v) is 14.4. The van der Waals surface area contributed by atoms with E-state index in [1.165, 1.54) is 12.1 Å². The Morgan fingerprint density at radius 1 is 0.558 bits per heavy atom. The minimum Gasteiger partial charge on any atom is -0.508 e. The number of carbonyl (C=O) groups is 9.